The highest BCUT2D eigenvalue weighted by Crippen LogP contribution is 2.38. The second kappa shape index (κ2) is 10.5. The number of aliphatic hydroxyl groups is 1. The van der Waals surface area contributed by atoms with Gasteiger partial charge in [0.05, 0.1) is 23.1 Å². The average Bonchev–Trinajstić information content (AvgIpc) is 3.18. The van der Waals surface area contributed by atoms with E-state index in [4.69, 9.17) is 17.2 Å². The number of thioether (sulfide) groups is 1. The third kappa shape index (κ3) is 4.69. The van der Waals surface area contributed by atoms with Crippen LogP contribution in [0.5, 0.6) is 0 Å². The molecule has 1 atom stereocenters. The molecule has 2 fully saturated rings. The zero-order valence-electron chi connectivity index (χ0n) is 19.9. The number of pyridine rings is 1. The number of fused-ring (bicyclic) bond motifs is 1. The molecule has 1 aromatic carbocycles. The van der Waals surface area contributed by atoms with Crippen molar-refractivity contribution in [1.82, 2.24) is 19.2 Å². The van der Waals surface area contributed by atoms with Crippen molar-refractivity contribution in [1.29, 1.82) is 0 Å². The molecule has 2 aromatic heterocycles. The predicted molar refractivity (Wildman–Crippen MR) is 147 cm³/mol. The summed E-state index contributed by atoms with van der Waals surface area (Å²) in [6.07, 6.45) is 3.34. The molecule has 0 saturated carbocycles. The Balaban J connectivity index is 1.53. The van der Waals surface area contributed by atoms with Crippen molar-refractivity contribution in [3.05, 3.63) is 81.1 Å². The number of anilines is 1. The van der Waals surface area contributed by atoms with Crippen LogP contribution in [0.3, 0.4) is 0 Å². The van der Waals surface area contributed by atoms with Crippen LogP contribution in [0.1, 0.15) is 24.1 Å². The zero-order valence-corrected chi connectivity index (χ0v) is 21.5. The smallest absolute Gasteiger partial charge is 0.267 e. The fraction of sp³-hybridized carbons (Fsp3) is 0.308. The van der Waals surface area contributed by atoms with E-state index in [0.717, 1.165) is 18.7 Å². The standard InChI is InChI=1S/C26H27N5O3S2/c1-18(19-7-3-2-4-8-19)31-25(34)21(36-26(31)35)17-20-23(29-13-11-28(12-14-29)15-16-32)27-22-9-5-6-10-30(22)24(20)33/h2-10,17-18,32H,11-16H2,1H3/b21-17-/t18-/m1/s1. The van der Waals surface area contributed by atoms with Crippen LogP contribution in [0.15, 0.2) is 64.4 Å². The van der Waals surface area contributed by atoms with Crippen molar-refractivity contribution in [2.75, 3.05) is 44.2 Å². The number of thiocarbonyl (C=S) groups is 1. The number of aromatic nitrogens is 2. The van der Waals surface area contributed by atoms with Gasteiger partial charge >= 0.3 is 0 Å². The number of carbonyl (C=O) groups excluding carboxylic acids is 1. The van der Waals surface area contributed by atoms with E-state index in [1.165, 1.54) is 16.2 Å². The van der Waals surface area contributed by atoms with Crippen LogP contribution in [-0.4, -0.2) is 73.8 Å². The Hall–Kier alpha value is -3.05. The summed E-state index contributed by atoms with van der Waals surface area (Å²) in [6, 6.07) is 15.0. The second-order valence-electron chi connectivity index (χ2n) is 8.77. The molecule has 1 amide bonds. The first-order chi connectivity index (χ1) is 17.5. The summed E-state index contributed by atoms with van der Waals surface area (Å²) in [4.78, 5) is 38.2. The third-order valence-corrected chi connectivity index (χ3v) is 7.94. The lowest BCUT2D eigenvalue weighted by Gasteiger charge is -2.35. The molecule has 0 aliphatic carbocycles. The van der Waals surface area contributed by atoms with Gasteiger partial charge in [-0.25, -0.2) is 4.98 Å². The number of benzene rings is 1. The van der Waals surface area contributed by atoms with Gasteiger partial charge < -0.3 is 10.0 Å². The van der Waals surface area contributed by atoms with Gasteiger partial charge in [-0.05, 0) is 30.7 Å². The van der Waals surface area contributed by atoms with E-state index in [9.17, 15) is 14.7 Å². The number of piperazine rings is 1. The molecule has 4 heterocycles. The fourth-order valence-corrected chi connectivity index (χ4v) is 6.01. The van der Waals surface area contributed by atoms with Crippen LogP contribution in [0.2, 0.25) is 0 Å². The highest BCUT2D eigenvalue weighted by molar-refractivity contribution is 8.26. The van der Waals surface area contributed by atoms with Crippen molar-refractivity contribution in [3.63, 3.8) is 0 Å². The lowest BCUT2D eigenvalue weighted by Crippen LogP contribution is -2.48. The highest BCUT2D eigenvalue weighted by Gasteiger charge is 2.36. The number of rotatable bonds is 6. The summed E-state index contributed by atoms with van der Waals surface area (Å²) in [7, 11) is 0. The van der Waals surface area contributed by atoms with Gasteiger partial charge in [0.1, 0.15) is 15.8 Å². The molecule has 2 aliphatic heterocycles. The summed E-state index contributed by atoms with van der Waals surface area (Å²) in [5.41, 5.74) is 1.69. The quantitative estimate of drug-likeness (QED) is 0.392. The van der Waals surface area contributed by atoms with E-state index in [0.29, 0.717) is 45.9 Å². The maximum absolute atomic E-state index is 13.6. The van der Waals surface area contributed by atoms with Crippen molar-refractivity contribution >= 4 is 51.7 Å². The summed E-state index contributed by atoms with van der Waals surface area (Å²) in [5.74, 6) is 0.355. The Morgan fingerprint density at radius 1 is 1.08 bits per heavy atom. The van der Waals surface area contributed by atoms with Crippen LogP contribution < -0.4 is 10.5 Å². The highest BCUT2D eigenvalue weighted by atomic mass is 32.2. The SMILES string of the molecule is C[C@H](c1ccccc1)N1C(=O)/C(=C/c2c(N3CCN(CCO)CC3)nc3ccccn3c2=O)SC1=S. The topological polar surface area (TPSA) is 81.4 Å². The van der Waals surface area contributed by atoms with Crippen molar-refractivity contribution in [2.24, 2.45) is 0 Å². The Bertz CT molecular complexity index is 1380. The number of amides is 1. The van der Waals surface area contributed by atoms with Crippen LogP contribution in [0, 0.1) is 0 Å². The molecule has 8 nitrogen and oxygen atoms in total. The molecule has 5 rings (SSSR count). The molecule has 1 N–H and O–H groups in total. The van der Waals surface area contributed by atoms with Crippen molar-refractivity contribution < 1.29 is 9.90 Å². The van der Waals surface area contributed by atoms with E-state index in [-0.39, 0.29) is 24.1 Å². The van der Waals surface area contributed by atoms with Gasteiger partial charge in [-0.15, -0.1) is 0 Å². The summed E-state index contributed by atoms with van der Waals surface area (Å²) >= 11 is 6.80. The zero-order chi connectivity index (χ0) is 25.2. The van der Waals surface area contributed by atoms with E-state index in [1.807, 2.05) is 43.3 Å². The molecular formula is C26H27N5O3S2. The number of carbonyl (C=O) groups is 1. The van der Waals surface area contributed by atoms with Crippen LogP contribution in [0.4, 0.5) is 5.82 Å². The lowest BCUT2D eigenvalue weighted by atomic mass is 10.1. The first-order valence-corrected chi connectivity index (χ1v) is 13.1. The number of aliphatic hydroxyl groups excluding tert-OH is 1. The minimum atomic E-state index is -0.227. The Kier molecular flexibility index (Phi) is 7.20. The minimum absolute atomic E-state index is 0.115. The van der Waals surface area contributed by atoms with E-state index in [2.05, 4.69) is 9.80 Å². The molecule has 0 unspecified atom stereocenters. The molecule has 0 radical (unpaired) electrons. The van der Waals surface area contributed by atoms with Gasteiger partial charge in [0.2, 0.25) is 0 Å². The summed E-state index contributed by atoms with van der Waals surface area (Å²) < 4.78 is 1.97. The fourth-order valence-electron chi connectivity index (χ4n) is 4.61. The molecule has 186 valence electrons. The van der Waals surface area contributed by atoms with Gasteiger partial charge in [0, 0.05) is 38.9 Å². The van der Waals surface area contributed by atoms with Crippen molar-refractivity contribution in [2.45, 2.75) is 13.0 Å². The van der Waals surface area contributed by atoms with Crippen LogP contribution in [0.25, 0.3) is 11.7 Å². The Morgan fingerprint density at radius 3 is 2.53 bits per heavy atom. The van der Waals surface area contributed by atoms with Gasteiger partial charge in [0.15, 0.2) is 0 Å². The molecular weight excluding hydrogens is 494 g/mol. The van der Waals surface area contributed by atoms with Crippen LogP contribution in [-0.2, 0) is 4.79 Å². The van der Waals surface area contributed by atoms with Crippen molar-refractivity contribution in [3.8, 4) is 0 Å². The monoisotopic (exact) mass is 521 g/mol. The van der Waals surface area contributed by atoms with E-state index < -0.39 is 0 Å². The molecule has 0 bridgehead atoms. The van der Waals surface area contributed by atoms with Gasteiger partial charge in [-0.2, -0.15) is 0 Å². The van der Waals surface area contributed by atoms with E-state index in [1.54, 1.807) is 29.3 Å². The number of nitrogens with zero attached hydrogens (tertiary/aromatic N) is 5. The maximum Gasteiger partial charge on any atom is 0.267 e. The van der Waals surface area contributed by atoms with Crippen LogP contribution >= 0.6 is 24.0 Å². The van der Waals surface area contributed by atoms with Gasteiger partial charge in [-0.1, -0.05) is 60.4 Å². The molecule has 36 heavy (non-hydrogen) atoms. The van der Waals surface area contributed by atoms with Gasteiger partial charge in [-0.3, -0.25) is 23.8 Å². The number of β-amino-alcohol motifs (C(OH)–C–C–N with tert-alkyl or cyclic N) is 1. The Labute approximate surface area is 218 Å². The average molecular weight is 522 g/mol. The van der Waals surface area contributed by atoms with E-state index >= 15 is 0 Å². The first-order valence-electron chi connectivity index (χ1n) is 11.9. The Morgan fingerprint density at radius 2 is 1.81 bits per heavy atom. The summed E-state index contributed by atoms with van der Waals surface area (Å²) in [6.45, 7) is 5.54. The summed E-state index contributed by atoms with van der Waals surface area (Å²) in [5, 5.41) is 9.27. The molecule has 2 aliphatic rings. The maximum atomic E-state index is 13.6. The second-order valence-corrected chi connectivity index (χ2v) is 10.4. The molecule has 0 spiro atoms. The number of hydrogen-bond acceptors (Lipinski definition) is 8. The minimum Gasteiger partial charge on any atom is -0.395 e. The first kappa shape index (κ1) is 24.6. The molecule has 2 saturated heterocycles. The predicted octanol–water partition coefficient (Wildman–Crippen LogP) is 2.77. The lowest BCUT2D eigenvalue weighted by molar-refractivity contribution is -0.123. The molecule has 10 heteroatoms. The molecule has 3 aromatic rings. The normalized spacial score (nSPS) is 19.0. The third-order valence-electron chi connectivity index (χ3n) is 6.61. The van der Waals surface area contributed by atoms with Gasteiger partial charge in [0.25, 0.3) is 11.5 Å². The largest absolute Gasteiger partial charge is 0.395 e. The number of hydrogen-bond donors (Lipinski definition) is 1.